The SMILES string of the molecule is CC[C@H](C)[C@@H](NC(=O)COC(=O)C1c2ccccc2Oc2ccccc21)C(=O)OC. The molecule has 1 N–H and O–H groups in total. The summed E-state index contributed by atoms with van der Waals surface area (Å²) in [5.74, 6) is -1.33. The number of amides is 1. The molecule has 1 heterocycles. The van der Waals surface area contributed by atoms with Gasteiger partial charge in [-0.2, -0.15) is 0 Å². The maximum absolute atomic E-state index is 12.9. The van der Waals surface area contributed by atoms with Crippen molar-refractivity contribution in [2.24, 2.45) is 5.92 Å². The first-order valence-electron chi connectivity index (χ1n) is 9.85. The number of benzene rings is 2. The van der Waals surface area contributed by atoms with E-state index < -0.39 is 36.4 Å². The molecule has 0 spiro atoms. The highest BCUT2D eigenvalue weighted by Crippen LogP contribution is 2.44. The fourth-order valence-corrected chi connectivity index (χ4v) is 3.40. The fraction of sp³-hybridized carbons (Fsp3) is 0.348. The van der Waals surface area contributed by atoms with Crippen LogP contribution in [-0.4, -0.2) is 37.6 Å². The zero-order chi connectivity index (χ0) is 21.7. The van der Waals surface area contributed by atoms with E-state index in [1.54, 1.807) is 24.3 Å². The predicted octanol–water partition coefficient (Wildman–Crippen LogP) is 3.17. The van der Waals surface area contributed by atoms with Crippen LogP contribution in [-0.2, 0) is 23.9 Å². The Bertz CT molecular complexity index is 895. The average Bonchev–Trinajstić information content (AvgIpc) is 2.78. The Morgan fingerprint density at radius 1 is 1.03 bits per heavy atom. The standard InChI is InChI=1S/C23H25NO6/c1-4-14(2)21(23(27)28-3)24-19(25)13-29-22(26)20-15-9-5-7-11-17(15)30-18-12-8-6-10-16(18)20/h5-12,14,20-21H,4,13H2,1-3H3,(H,24,25)/t14-,21+/m0/s1. The van der Waals surface area contributed by atoms with Crippen LogP contribution in [0.2, 0.25) is 0 Å². The molecular weight excluding hydrogens is 386 g/mol. The minimum Gasteiger partial charge on any atom is -0.467 e. The Kier molecular flexibility index (Phi) is 6.72. The molecule has 1 aliphatic rings. The molecule has 2 aromatic carbocycles. The summed E-state index contributed by atoms with van der Waals surface area (Å²) in [6.45, 7) is 3.25. The van der Waals surface area contributed by atoms with Gasteiger partial charge >= 0.3 is 11.9 Å². The first kappa shape index (κ1) is 21.4. The van der Waals surface area contributed by atoms with Crippen molar-refractivity contribution in [3.8, 4) is 11.5 Å². The molecule has 0 radical (unpaired) electrons. The van der Waals surface area contributed by atoms with Gasteiger partial charge in [-0.3, -0.25) is 9.59 Å². The van der Waals surface area contributed by atoms with Gasteiger partial charge in [0.05, 0.1) is 7.11 Å². The van der Waals surface area contributed by atoms with E-state index in [2.05, 4.69) is 5.32 Å². The molecule has 0 aliphatic carbocycles. The molecule has 0 unspecified atom stereocenters. The number of hydrogen-bond donors (Lipinski definition) is 1. The van der Waals surface area contributed by atoms with Crippen LogP contribution in [0.25, 0.3) is 0 Å². The second kappa shape index (κ2) is 9.43. The number of carbonyl (C=O) groups is 3. The predicted molar refractivity (Wildman–Crippen MR) is 109 cm³/mol. The lowest BCUT2D eigenvalue weighted by Crippen LogP contribution is -2.47. The second-order valence-electron chi connectivity index (χ2n) is 7.17. The average molecular weight is 411 g/mol. The molecule has 30 heavy (non-hydrogen) atoms. The van der Waals surface area contributed by atoms with Crippen LogP contribution >= 0.6 is 0 Å². The van der Waals surface area contributed by atoms with Crippen LogP contribution in [0.15, 0.2) is 48.5 Å². The van der Waals surface area contributed by atoms with Crippen LogP contribution < -0.4 is 10.1 Å². The van der Waals surface area contributed by atoms with Crippen molar-refractivity contribution in [1.29, 1.82) is 0 Å². The van der Waals surface area contributed by atoms with Crippen molar-refractivity contribution in [2.45, 2.75) is 32.2 Å². The van der Waals surface area contributed by atoms with Crippen molar-refractivity contribution in [2.75, 3.05) is 13.7 Å². The summed E-state index contributed by atoms with van der Waals surface area (Å²) in [5, 5.41) is 2.60. The first-order valence-corrected chi connectivity index (χ1v) is 9.85. The number of hydrogen-bond acceptors (Lipinski definition) is 6. The maximum atomic E-state index is 12.9. The maximum Gasteiger partial charge on any atom is 0.328 e. The molecule has 3 rings (SSSR count). The third-order valence-electron chi connectivity index (χ3n) is 5.25. The molecule has 0 aromatic heterocycles. The number of esters is 2. The number of rotatable bonds is 7. The van der Waals surface area contributed by atoms with Gasteiger partial charge in [0.25, 0.3) is 5.91 Å². The smallest absolute Gasteiger partial charge is 0.328 e. The zero-order valence-electron chi connectivity index (χ0n) is 17.2. The quantitative estimate of drug-likeness (QED) is 0.704. The third-order valence-corrected chi connectivity index (χ3v) is 5.25. The van der Waals surface area contributed by atoms with E-state index in [4.69, 9.17) is 14.2 Å². The van der Waals surface area contributed by atoms with Crippen LogP contribution in [0.1, 0.15) is 37.3 Å². The normalized spacial score (nSPS) is 14.4. The Balaban J connectivity index is 1.72. The van der Waals surface area contributed by atoms with E-state index in [0.717, 1.165) is 0 Å². The highest BCUT2D eigenvalue weighted by molar-refractivity contribution is 5.89. The minimum atomic E-state index is -0.796. The minimum absolute atomic E-state index is 0.119. The van der Waals surface area contributed by atoms with Gasteiger partial charge < -0.3 is 19.5 Å². The van der Waals surface area contributed by atoms with Crippen molar-refractivity contribution >= 4 is 17.8 Å². The molecule has 0 bridgehead atoms. The van der Waals surface area contributed by atoms with Gasteiger partial charge in [0.2, 0.25) is 0 Å². The Morgan fingerprint density at radius 2 is 1.60 bits per heavy atom. The number of carbonyl (C=O) groups excluding carboxylic acids is 3. The van der Waals surface area contributed by atoms with Crippen molar-refractivity contribution in [1.82, 2.24) is 5.32 Å². The van der Waals surface area contributed by atoms with Crippen LogP contribution in [0.5, 0.6) is 11.5 Å². The van der Waals surface area contributed by atoms with Crippen molar-refractivity contribution in [3.05, 3.63) is 59.7 Å². The van der Waals surface area contributed by atoms with Crippen LogP contribution in [0.3, 0.4) is 0 Å². The van der Waals surface area contributed by atoms with E-state index in [9.17, 15) is 14.4 Å². The Labute approximate surface area is 175 Å². The largest absolute Gasteiger partial charge is 0.467 e. The summed E-state index contributed by atoms with van der Waals surface area (Å²) in [5.41, 5.74) is 1.35. The van der Waals surface area contributed by atoms with Gasteiger partial charge in [0.15, 0.2) is 6.61 Å². The number of methoxy groups -OCH3 is 1. The van der Waals surface area contributed by atoms with E-state index in [1.807, 2.05) is 38.1 Å². The molecule has 0 fully saturated rings. The molecule has 2 aromatic rings. The monoisotopic (exact) mass is 411 g/mol. The fourth-order valence-electron chi connectivity index (χ4n) is 3.40. The Morgan fingerprint density at radius 3 is 2.13 bits per heavy atom. The summed E-state index contributed by atoms with van der Waals surface area (Å²) in [6.07, 6.45) is 0.676. The summed E-state index contributed by atoms with van der Waals surface area (Å²) in [7, 11) is 1.27. The lowest BCUT2D eigenvalue weighted by Gasteiger charge is -2.27. The molecule has 158 valence electrons. The van der Waals surface area contributed by atoms with E-state index in [0.29, 0.717) is 29.0 Å². The van der Waals surface area contributed by atoms with Crippen molar-refractivity contribution < 1.29 is 28.6 Å². The van der Waals surface area contributed by atoms with Crippen LogP contribution in [0.4, 0.5) is 0 Å². The first-order chi connectivity index (χ1) is 14.5. The molecule has 7 nitrogen and oxygen atoms in total. The summed E-state index contributed by atoms with van der Waals surface area (Å²) >= 11 is 0. The van der Waals surface area contributed by atoms with Gasteiger partial charge in [0, 0.05) is 11.1 Å². The van der Waals surface area contributed by atoms with Gasteiger partial charge in [-0.15, -0.1) is 0 Å². The molecule has 2 atom stereocenters. The van der Waals surface area contributed by atoms with Gasteiger partial charge in [-0.25, -0.2) is 4.79 Å². The number of para-hydroxylation sites is 2. The molecule has 0 saturated carbocycles. The Hall–Kier alpha value is -3.35. The number of nitrogens with one attached hydrogen (secondary N) is 1. The van der Waals surface area contributed by atoms with Gasteiger partial charge in [-0.1, -0.05) is 56.7 Å². The van der Waals surface area contributed by atoms with Crippen molar-refractivity contribution in [3.63, 3.8) is 0 Å². The van der Waals surface area contributed by atoms with E-state index >= 15 is 0 Å². The number of fused-ring (bicyclic) bond motifs is 2. The van der Waals surface area contributed by atoms with E-state index in [-0.39, 0.29) is 5.92 Å². The van der Waals surface area contributed by atoms with E-state index in [1.165, 1.54) is 7.11 Å². The molecule has 1 amide bonds. The molecule has 7 heteroatoms. The summed E-state index contributed by atoms with van der Waals surface area (Å²) in [4.78, 5) is 37.2. The van der Waals surface area contributed by atoms with Gasteiger partial charge in [0.1, 0.15) is 23.5 Å². The highest BCUT2D eigenvalue weighted by Gasteiger charge is 2.34. The third kappa shape index (κ3) is 4.45. The summed E-state index contributed by atoms with van der Waals surface area (Å²) < 4.78 is 16.0. The summed E-state index contributed by atoms with van der Waals surface area (Å²) in [6, 6.07) is 13.6. The zero-order valence-corrected chi connectivity index (χ0v) is 17.2. The molecule has 1 aliphatic heterocycles. The van der Waals surface area contributed by atoms with Gasteiger partial charge in [-0.05, 0) is 18.1 Å². The number of ether oxygens (including phenoxy) is 3. The molecular formula is C23H25NO6. The topological polar surface area (TPSA) is 90.9 Å². The van der Waals surface area contributed by atoms with Crippen LogP contribution in [0, 0.1) is 5.92 Å². The lowest BCUT2D eigenvalue weighted by molar-refractivity contribution is -0.151. The highest BCUT2D eigenvalue weighted by atomic mass is 16.5. The molecule has 0 saturated heterocycles. The second-order valence-corrected chi connectivity index (χ2v) is 7.17. The lowest BCUT2D eigenvalue weighted by atomic mass is 9.88.